The molecule has 0 radical (unpaired) electrons. The summed E-state index contributed by atoms with van der Waals surface area (Å²) in [6.07, 6.45) is 9.20. The molecule has 0 atom stereocenters. The van der Waals surface area contributed by atoms with E-state index in [2.05, 4.69) is 74.5 Å². The lowest BCUT2D eigenvalue weighted by Gasteiger charge is -2.13. The first-order chi connectivity index (χ1) is 9.16. The van der Waals surface area contributed by atoms with E-state index in [1.807, 2.05) is 0 Å². The molecule has 0 fully saturated rings. The number of hydrogen-bond acceptors (Lipinski definition) is 0. The van der Waals surface area contributed by atoms with Gasteiger partial charge in [-0.05, 0) is 33.0 Å². The van der Waals surface area contributed by atoms with Crippen LogP contribution in [0.15, 0.2) is 60.7 Å². The largest absolute Gasteiger partial charge is 0.0744 e. The van der Waals surface area contributed by atoms with Crippen molar-refractivity contribution in [3.63, 3.8) is 0 Å². The van der Waals surface area contributed by atoms with Crippen molar-refractivity contribution < 1.29 is 0 Å². The maximum absolute atomic E-state index is 2.30. The molecular formula is C19H16. The molecule has 0 bridgehead atoms. The van der Waals surface area contributed by atoms with Gasteiger partial charge in [0.25, 0.3) is 0 Å². The molecule has 19 heavy (non-hydrogen) atoms. The zero-order valence-corrected chi connectivity index (χ0v) is 11.3. The van der Waals surface area contributed by atoms with Gasteiger partial charge in [-0.2, -0.15) is 0 Å². The molecule has 0 aromatic heterocycles. The van der Waals surface area contributed by atoms with Crippen molar-refractivity contribution in [3.8, 4) is 0 Å². The van der Waals surface area contributed by atoms with E-state index in [1.165, 1.54) is 33.0 Å². The molecule has 2 aromatic carbocycles. The highest BCUT2D eigenvalue weighted by atomic mass is 14.3. The number of allylic oxidation sites excluding steroid dienone is 6. The monoisotopic (exact) mass is 244 g/mol. The van der Waals surface area contributed by atoms with Gasteiger partial charge in [0.05, 0.1) is 0 Å². The molecular weight excluding hydrogens is 228 g/mol. The molecule has 0 saturated heterocycles. The Morgan fingerprint density at radius 2 is 1.26 bits per heavy atom. The summed E-state index contributed by atoms with van der Waals surface area (Å²) >= 11 is 0. The Bertz CT molecular complexity index is 722. The topological polar surface area (TPSA) is 0 Å². The van der Waals surface area contributed by atoms with Crippen LogP contribution in [0.5, 0.6) is 0 Å². The van der Waals surface area contributed by atoms with E-state index in [4.69, 9.17) is 0 Å². The zero-order chi connectivity index (χ0) is 13.0. The first-order valence-corrected chi connectivity index (χ1v) is 6.81. The molecule has 0 N–H and O–H groups in total. The number of benzene rings is 2. The minimum absolute atomic E-state index is 0.132. The van der Waals surface area contributed by atoms with Gasteiger partial charge in [-0.1, -0.05) is 74.5 Å². The SMILES string of the molecule is CC1(C)C=CC2=C(C=C1)c1cccc3cccc2c13. The van der Waals surface area contributed by atoms with E-state index in [9.17, 15) is 0 Å². The predicted molar refractivity (Wildman–Crippen MR) is 82.8 cm³/mol. The molecule has 0 aliphatic heterocycles. The molecule has 92 valence electrons. The quantitative estimate of drug-likeness (QED) is 0.596. The van der Waals surface area contributed by atoms with Crippen LogP contribution in [0.4, 0.5) is 0 Å². The number of hydrogen-bond donors (Lipinski definition) is 0. The molecule has 0 unspecified atom stereocenters. The molecule has 0 heteroatoms. The summed E-state index contributed by atoms with van der Waals surface area (Å²) < 4.78 is 0. The minimum Gasteiger partial charge on any atom is -0.0744 e. The van der Waals surface area contributed by atoms with Crippen LogP contribution in [0.3, 0.4) is 0 Å². The molecule has 2 aliphatic rings. The van der Waals surface area contributed by atoms with Crippen LogP contribution in [-0.4, -0.2) is 0 Å². The summed E-state index contributed by atoms with van der Waals surface area (Å²) in [5, 5.41) is 2.74. The standard InChI is InChI=1S/C19H16/c1-19(2)11-9-14-15(10-12-19)17-8-4-6-13-5-3-7-16(14)18(13)17/h3-12H,1-2H3. The second-order valence-corrected chi connectivity index (χ2v) is 6.02. The van der Waals surface area contributed by atoms with E-state index in [0.717, 1.165) is 0 Å². The lowest BCUT2D eigenvalue weighted by molar-refractivity contribution is 0.627. The predicted octanol–water partition coefficient (Wildman–Crippen LogP) is 5.22. The highest BCUT2D eigenvalue weighted by Crippen LogP contribution is 2.45. The second kappa shape index (κ2) is 3.48. The lowest BCUT2D eigenvalue weighted by atomic mass is 9.92. The number of fused-ring (bicyclic) bond motifs is 2. The Balaban J connectivity index is 2.08. The summed E-state index contributed by atoms with van der Waals surface area (Å²) in [5.74, 6) is 0. The van der Waals surface area contributed by atoms with Crippen LogP contribution in [0.1, 0.15) is 25.0 Å². The van der Waals surface area contributed by atoms with Crippen LogP contribution in [0, 0.1) is 5.41 Å². The third kappa shape index (κ3) is 1.46. The average molecular weight is 244 g/mol. The Morgan fingerprint density at radius 1 is 0.737 bits per heavy atom. The summed E-state index contributed by atoms with van der Waals surface area (Å²) in [5.41, 5.74) is 5.62. The lowest BCUT2D eigenvalue weighted by Crippen LogP contribution is -2.00. The van der Waals surface area contributed by atoms with Gasteiger partial charge in [0.1, 0.15) is 0 Å². The Morgan fingerprint density at radius 3 is 1.79 bits per heavy atom. The number of rotatable bonds is 0. The molecule has 0 nitrogen and oxygen atoms in total. The van der Waals surface area contributed by atoms with E-state index >= 15 is 0 Å². The van der Waals surface area contributed by atoms with Crippen LogP contribution in [0.25, 0.3) is 21.9 Å². The normalized spacial score (nSPS) is 18.8. The highest BCUT2D eigenvalue weighted by molar-refractivity contribution is 6.18. The summed E-state index contributed by atoms with van der Waals surface area (Å²) in [7, 11) is 0. The summed E-state index contributed by atoms with van der Waals surface area (Å²) in [6, 6.07) is 13.2. The van der Waals surface area contributed by atoms with Crippen molar-refractivity contribution in [1.29, 1.82) is 0 Å². The van der Waals surface area contributed by atoms with Crippen molar-refractivity contribution in [2.75, 3.05) is 0 Å². The van der Waals surface area contributed by atoms with Gasteiger partial charge >= 0.3 is 0 Å². The zero-order valence-electron chi connectivity index (χ0n) is 11.3. The van der Waals surface area contributed by atoms with Crippen molar-refractivity contribution in [2.24, 2.45) is 5.41 Å². The molecule has 2 aliphatic carbocycles. The third-order valence-corrected chi connectivity index (χ3v) is 4.13. The van der Waals surface area contributed by atoms with Gasteiger partial charge in [0, 0.05) is 5.41 Å². The molecule has 2 aromatic rings. The van der Waals surface area contributed by atoms with Gasteiger partial charge < -0.3 is 0 Å². The van der Waals surface area contributed by atoms with Crippen molar-refractivity contribution >= 4 is 21.9 Å². The van der Waals surface area contributed by atoms with E-state index in [1.54, 1.807) is 0 Å². The van der Waals surface area contributed by atoms with Crippen molar-refractivity contribution in [1.82, 2.24) is 0 Å². The van der Waals surface area contributed by atoms with E-state index in [0.29, 0.717) is 0 Å². The van der Waals surface area contributed by atoms with Crippen LogP contribution in [0.2, 0.25) is 0 Å². The molecule has 0 heterocycles. The minimum atomic E-state index is 0.132. The van der Waals surface area contributed by atoms with Crippen LogP contribution < -0.4 is 0 Å². The van der Waals surface area contributed by atoms with Gasteiger partial charge in [-0.15, -0.1) is 0 Å². The summed E-state index contributed by atoms with van der Waals surface area (Å²) in [4.78, 5) is 0. The maximum atomic E-state index is 2.30. The maximum Gasteiger partial charge on any atom is 0.00111 e. The van der Waals surface area contributed by atoms with Gasteiger partial charge in [0.15, 0.2) is 0 Å². The Kier molecular flexibility index (Phi) is 1.98. The molecule has 4 rings (SSSR count). The average Bonchev–Trinajstić information content (AvgIpc) is 2.61. The summed E-state index contributed by atoms with van der Waals surface area (Å²) in [6.45, 7) is 4.49. The first-order valence-electron chi connectivity index (χ1n) is 6.81. The highest BCUT2D eigenvalue weighted by Gasteiger charge is 2.23. The van der Waals surface area contributed by atoms with Crippen LogP contribution in [-0.2, 0) is 0 Å². The molecule has 0 spiro atoms. The van der Waals surface area contributed by atoms with Crippen molar-refractivity contribution in [3.05, 3.63) is 71.8 Å². The van der Waals surface area contributed by atoms with Gasteiger partial charge in [0.2, 0.25) is 0 Å². The van der Waals surface area contributed by atoms with E-state index in [-0.39, 0.29) is 5.41 Å². The van der Waals surface area contributed by atoms with Gasteiger partial charge in [-0.3, -0.25) is 0 Å². The fourth-order valence-corrected chi connectivity index (χ4v) is 3.09. The second-order valence-electron chi connectivity index (χ2n) is 6.02. The molecule has 0 amide bonds. The van der Waals surface area contributed by atoms with E-state index < -0.39 is 0 Å². The molecule has 0 saturated carbocycles. The third-order valence-electron chi connectivity index (χ3n) is 4.13. The fraction of sp³-hybridized carbons (Fsp3) is 0.158. The fourth-order valence-electron chi connectivity index (χ4n) is 3.09. The van der Waals surface area contributed by atoms with Crippen molar-refractivity contribution in [2.45, 2.75) is 13.8 Å². The van der Waals surface area contributed by atoms with Gasteiger partial charge in [-0.25, -0.2) is 0 Å². The Hall–Kier alpha value is -2.08. The Labute approximate surface area is 113 Å². The van der Waals surface area contributed by atoms with Crippen LogP contribution >= 0.6 is 0 Å². The first kappa shape index (κ1) is 10.8. The smallest absolute Gasteiger partial charge is 0.00111 e.